The molecule has 1 fully saturated rings. The molecule has 0 amide bonds. The van der Waals surface area contributed by atoms with Crippen molar-refractivity contribution in [3.63, 3.8) is 0 Å². The van der Waals surface area contributed by atoms with E-state index in [0.717, 1.165) is 57.0 Å². The molecule has 1 saturated heterocycles. The van der Waals surface area contributed by atoms with Gasteiger partial charge in [0.25, 0.3) is 0 Å². The third-order valence-electron chi connectivity index (χ3n) is 3.75. The van der Waals surface area contributed by atoms with E-state index in [2.05, 4.69) is 38.4 Å². The van der Waals surface area contributed by atoms with E-state index in [1.165, 1.54) is 12.0 Å². The van der Waals surface area contributed by atoms with E-state index in [1.54, 1.807) is 6.33 Å². The van der Waals surface area contributed by atoms with Gasteiger partial charge in [0.05, 0.1) is 30.6 Å². The summed E-state index contributed by atoms with van der Waals surface area (Å²) in [6.07, 6.45) is 2.93. The predicted molar refractivity (Wildman–Crippen MR) is 79.7 cm³/mol. The normalized spacial score (nSPS) is 16.8. The Bertz CT molecular complexity index is 533. The van der Waals surface area contributed by atoms with E-state index in [9.17, 15) is 0 Å². The highest BCUT2D eigenvalue weighted by atomic mass is 16.5. The predicted octanol–water partition coefficient (Wildman–Crippen LogP) is 1.37. The Hall–Kier alpha value is -1.43. The second kappa shape index (κ2) is 6.83. The minimum absolute atomic E-state index is 0.887. The molecule has 0 atom stereocenters. The van der Waals surface area contributed by atoms with E-state index >= 15 is 0 Å². The quantitative estimate of drug-likeness (QED) is 0.781. The van der Waals surface area contributed by atoms with Gasteiger partial charge in [0.15, 0.2) is 0 Å². The maximum atomic E-state index is 5.35. The molecule has 1 aromatic heterocycles. The van der Waals surface area contributed by atoms with Crippen LogP contribution >= 0.6 is 0 Å². The van der Waals surface area contributed by atoms with Gasteiger partial charge in [0.1, 0.15) is 0 Å². The van der Waals surface area contributed by atoms with Crippen LogP contribution in [-0.4, -0.2) is 54.3 Å². The maximum absolute atomic E-state index is 5.35. The molecule has 1 aliphatic heterocycles. The first-order valence-electron chi connectivity index (χ1n) is 7.35. The summed E-state index contributed by atoms with van der Waals surface area (Å²) in [6, 6.07) is 6.37. The minimum atomic E-state index is 0.887. The van der Waals surface area contributed by atoms with Crippen LogP contribution < -0.4 is 5.32 Å². The highest BCUT2D eigenvalue weighted by Crippen LogP contribution is 2.11. The molecular weight excluding hydrogens is 252 g/mol. The molecule has 0 saturated carbocycles. The number of H-pyrrole nitrogens is 1. The van der Waals surface area contributed by atoms with Gasteiger partial charge in [-0.05, 0) is 37.2 Å². The van der Waals surface area contributed by atoms with E-state index in [1.807, 2.05) is 0 Å². The Kier molecular flexibility index (Phi) is 4.63. The van der Waals surface area contributed by atoms with Crippen molar-refractivity contribution in [2.45, 2.75) is 13.0 Å². The van der Waals surface area contributed by atoms with Crippen molar-refractivity contribution in [1.82, 2.24) is 20.2 Å². The Morgan fingerprint density at radius 3 is 3.10 bits per heavy atom. The summed E-state index contributed by atoms with van der Waals surface area (Å²) in [4.78, 5) is 9.85. The number of nitrogens with zero attached hydrogens (tertiary/aromatic N) is 2. The first-order valence-corrected chi connectivity index (χ1v) is 7.35. The lowest BCUT2D eigenvalue weighted by molar-refractivity contribution is 0.0374. The fourth-order valence-electron chi connectivity index (χ4n) is 2.58. The van der Waals surface area contributed by atoms with Crippen LogP contribution in [0.1, 0.15) is 12.0 Å². The lowest BCUT2D eigenvalue weighted by Gasteiger charge is -2.26. The molecule has 5 heteroatoms. The molecule has 0 unspecified atom stereocenters. The number of imidazole rings is 1. The summed E-state index contributed by atoms with van der Waals surface area (Å²) in [5.41, 5.74) is 3.44. The number of hydrogen-bond acceptors (Lipinski definition) is 4. The number of aromatic amines is 1. The summed E-state index contributed by atoms with van der Waals surface area (Å²) in [7, 11) is 0. The van der Waals surface area contributed by atoms with Crippen LogP contribution in [0.4, 0.5) is 0 Å². The van der Waals surface area contributed by atoms with E-state index < -0.39 is 0 Å². The van der Waals surface area contributed by atoms with Gasteiger partial charge < -0.3 is 15.0 Å². The highest BCUT2D eigenvalue weighted by molar-refractivity contribution is 5.74. The monoisotopic (exact) mass is 274 g/mol. The largest absolute Gasteiger partial charge is 0.379 e. The first kappa shape index (κ1) is 13.5. The maximum Gasteiger partial charge on any atom is 0.0931 e. The molecule has 2 aromatic rings. The summed E-state index contributed by atoms with van der Waals surface area (Å²) in [5.74, 6) is 0. The van der Waals surface area contributed by atoms with Crippen LogP contribution in [0, 0.1) is 0 Å². The van der Waals surface area contributed by atoms with Gasteiger partial charge in [-0.25, -0.2) is 4.98 Å². The van der Waals surface area contributed by atoms with E-state index in [4.69, 9.17) is 4.74 Å². The number of benzene rings is 1. The van der Waals surface area contributed by atoms with Crippen molar-refractivity contribution in [3.05, 3.63) is 30.1 Å². The van der Waals surface area contributed by atoms with Crippen LogP contribution in [-0.2, 0) is 11.3 Å². The van der Waals surface area contributed by atoms with Gasteiger partial charge in [-0.2, -0.15) is 0 Å². The van der Waals surface area contributed by atoms with Crippen molar-refractivity contribution < 1.29 is 4.74 Å². The van der Waals surface area contributed by atoms with Crippen LogP contribution in [0.3, 0.4) is 0 Å². The topological polar surface area (TPSA) is 53.2 Å². The molecule has 3 rings (SSSR count). The Balaban J connectivity index is 1.36. The lowest BCUT2D eigenvalue weighted by Crippen LogP contribution is -2.37. The molecule has 5 nitrogen and oxygen atoms in total. The highest BCUT2D eigenvalue weighted by Gasteiger charge is 2.08. The van der Waals surface area contributed by atoms with Crippen LogP contribution in [0.15, 0.2) is 24.5 Å². The Morgan fingerprint density at radius 1 is 1.30 bits per heavy atom. The Labute approximate surface area is 119 Å². The fraction of sp³-hybridized carbons (Fsp3) is 0.533. The van der Waals surface area contributed by atoms with Gasteiger partial charge in [0, 0.05) is 19.6 Å². The second-order valence-electron chi connectivity index (χ2n) is 5.24. The second-order valence-corrected chi connectivity index (χ2v) is 5.24. The number of hydrogen-bond donors (Lipinski definition) is 2. The van der Waals surface area contributed by atoms with Crippen LogP contribution in [0.5, 0.6) is 0 Å². The van der Waals surface area contributed by atoms with Gasteiger partial charge in [0.2, 0.25) is 0 Å². The fourth-order valence-corrected chi connectivity index (χ4v) is 2.58. The van der Waals surface area contributed by atoms with Gasteiger partial charge in [-0.1, -0.05) is 6.07 Å². The number of rotatable bonds is 6. The van der Waals surface area contributed by atoms with Crippen molar-refractivity contribution in [2.75, 3.05) is 39.4 Å². The van der Waals surface area contributed by atoms with Crippen LogP contribution in [0.25, 0.3) is 11.0 Å². The van der Waals surface area contributed by atoms with Crippen molar-refractivity contribution in [3.8, 4) is 0 Å². The average molecular weight is 274 g/mol. The molecule has 0 radical (unpaired) electrons. The zero-order valence-electron chi connectivity index (χ0n) is 11.8. The summed E-state index contributed by atoms with van der Waals surface area (Å²) >= 11 is 0. The van der Waals surface area contributed by atoms with E-state index in [0.29, 0.717) is 0 Å². The molecule has 0 aliphatic carbocycles. The average Bonchev–Trinajstić information content (AvgIpc) is 2.95. The number of aromatic nitrogens is 2. The van der Waals surface area contributed by atoms with Crippen molar-refractivity contribution >= 4 is 11.0 Å². The molecule has 1 aromatic carbocycles. The standard InChI is InChI=1S/C15H22N4O/c1(5-19-6-8-20-9-7-19)4-16-11-13-2-3-14-15(10-13)18-12-17-14/h2-3,10,12,16H,1,4-9,11H2,(H,17,18). The molecular formula is C15H22N4O. The van der Waals surface area contributed by atoms with Crippen molar-refractivity contribution in [1.29, 1.82) is 0 Å². The summed E-state index contributed by atoms with van der Waals surface area (Å²) < 4.78 is 5.35. The van der Waals surface area contributed by atoms with Crippen molar-refractivity contribution in [2.24, 2.45) is 0 Å². The third kappa shape index (κ3) is 3.56. The van der Waals surface area contributed by atoms with Crippen LogP contribution in [0.2, 0.25) is 0 Å². The molecule has 0 bridgehead atoms. The molecule has 2 N–H and O–H groups in total. The first-order chi connectivity index (χ1) is 9.92. The molecule has 2 heterocycles. The zero-order chi connectivity index (χ0) is 13.6. The number of fused-ring (bicyclic) bond motifs is 1. The SMILES string of the molecule is c1nc2ccc(CNCCCN3CCOCC3)cc2[nH]1. The molecule has 1 aliphatic rings. The number of morpholine rings is 1. The minimum Gasteiger partial charge on any atom is -0.379 e. The molecule has 108 valence electrons. The number of nitrogens with one attached hydrogen (secondary N) is 2. The lowest BCUT2D eigenvalue weighted by atomic mass is 10.2. The molecule has 0 spiro atoms. The van der Waals surface area contributed by atoms with E-state index in [-0.39, 0.29) is 0 Å². The number of ether oxygens (including phenoxy) is 1. The zero-order valence-corrected chi connectivity index (χ0v) is 11.8. The smallest absolute Gasteiger partial charge is 0.0931 e. The third-order valence-corrected chi connectivity index (χ3v) is 3.75. The van der Waals surface area contributed by atoms with Gasteiger partial charge >= 0.3 is 0 Å². The summed E-state index contributed by atoms with van der Waals surface area (Å²) in [5, 5.41) is 3.51. The summed E-state index contributed by atoms with van der Waals surface area (Å²) in [6.45, 7) is 7.06. The van der Waals surface area contributed by atoms with Gasteiger partial charge in [-0.3, -0.25) is 4.90 Å². The van der Waals surface area contributed by atoms with Gasteiger partial charge in [-0.15, -0.1) is 0 Å². The Morgan fingerprint density at radius 2 is 2.20 bits per heavy atom. The molecule has 20 heavy (non-hydrogen) atoms.